The number of fused-ring (bicyclic) bond motifs is 1. The van der Waals surface area contributed by atoms with E-state index in [2.05, 4.69) is 15.5 Å². The van der Waals surface area contributed by atoms with Gasteiger partial charge in [-0.2, -0.15) is 0 Å². The minimum atomic E-state index is -0.149. The van der Waals surface area contributed by atoms with Gasteiger partial charge in [-0.25, -0.2) is 0 Å². The number of benzene rings is 2. The van der Waals surface area contributed by atoms with Gasteiger partial charge < -0.3 is 25.2 Å². The van der Waals surface area contributed by atoms with Crippen LogP contribution in [0.1, 0.15) is 23.2 Å². The van der Waals surface area contributed by atoms with E-state index >= 15 is 0 Å². The number of anilines is 3. The Hall–Kier alpha value is -2.93. The normalized spacial score (nSPS) is 18.5. The van der Waals surface area contributed by atoms with Crippen LogP contribution in [0.2, 0.25) is 5.02 Å². The molecule has 0 spiro atoms. The highest BCUT2D eigenvalue weighted by atomic mass is 35.5. The lowest BCUT2D eigenvalue weighted by Gasteiger charge is -2.22. The molecule has 1 saturated heterocycles. The third kappa shape index (κ3) is 4.16. The van der Waals surface area contributed by atoms with Gasteiger partial charge in [-0.1, -0.05) is 11.6 Å². The van der Waals surface area contributed by atoms with Gasteiger partial charge in [-0.05, 0) is 42.8 Å². The predicted molar refractivity (Wildman–Crippen MR) is 119 cm³/mol. The van der Waals surface area contributed by atoms with Gasteiger partial charge in [0.1, 0.15) is 5.75 Å². The lowest BCUT2D eigenvalue weighted by Crippen LogP contribution is -2.37. The van der Waals surface area contributed by atoms with Crippen LogP contribution < -0.4 is 25.2 Å². The van der Waals surface area contributed by atoms with Crippen LogP contribution >= 0.6 is 11.6 Å². The molecule has 0 saturated carbocycles. The summed E-state index contributed by atoms with van der Waals surface area (Å²) in [4.78, 5) is 29.0. The summed E-state index contributed by atoms with van der Waals surface area (Å²) >= 11 is 6.16. The summed E-state index contributed by atoms with van der Waals surface area (Å²) in [5.74, 6) is 0.570. The Balaban J connectivity index is 1.45. The third-order valence-corrected chi connectivity index (χ3v) is 5.86. The van der Waals surface area contributed by atoms with E-state index in [4.69, 9.17) is 16.3 Å². The first kappa shape index (κ1) is 20.3. The summed E-state index contributed by atoms with van der Waals surface area (Å²) in [7, 11) is 3.58. The van der Waals surface area contributed by atoms with Gasteiger partial charge in [0.2, 0.25) is 5.91 Å². The lowest BCUT2D eigenvalue weighted by molar-refractivity contribution is -0.115. The number of ether oxygens (including phenoxy) is 1. The number of hydrogen-bond acceptors (Lipinski definition) is 5. The van der Waals surface area contributed by atoms with Crippen molar-refractivity contribution < 1.29 is 14.3 Å². The van der Waals surface area contributed by atoms with Crippen molar-refractivity contribution in [2.45, 2.75) is 18.9 Å². The first-order valence-electron chi connectivity index (χ1n) is 9.99. The topological polar surface area (TPSA) is 73.9 Å². The Bertz CT molecular complexity index is 981. The molecule has 1 atom stereocenters. The molecule has 8 heteroatoms. The molecule has 30 heavy (non-hydrogen) atoms. The first-order valence-corrected chi connectivity index (χ1v) is 10.4. The highest BCUT2D eigenvalue weighted by molar-refractivity contribution is 6.31. The van der Waals surface area contributed by atoms with E-state index in [1.165, 1.54) is 0 Å². The van der Waals surface area contributed by atoms with E-state index in [1.54, 1.807) is 25.3 Å². The minimum Gasteiger partial charge on any atom is -0.495 e. The van der Waals surface area contributed by atoms with Crippen LogP contribution in [0.4, 0.5) is 17.1 Å². The van der Waals surface area contributed by atoms with Crippen LogP contribution in [0.15, 0.2) is 36.4 Å². The zero-order valence-electron chi connectivity index (χ0n) is 17.1. The molecule has 2 heterocycles. The zero-order chi connectivity index (χ0) is 21.3. The molecule has 2 aliphatic heterocycles. The molecule has 0 bridgehead atoms. The van der Waals surface area contributed by atoms with Crippen molar-refractivity contribution in [2.24, 2.45) is 0 Å². The maximum Gasteiger partial charge on any atom is 0.251 e. The summed E-state index contributed by atoms with van der Waals surface area (Å²) in [6, 6.07) is 11.0. The number of amides is 2. The van der Waals surface area contributed by atoms with Crippen molar-refractivity contribution >= 4 is 40.5 Å². The fourth-order valence-electron chi connectivity index (χ4n) is 3.99. The second kappa shape index (κ2) is 8.44. The Kier molecular flexibility index (Phi) is 5.72. The van der Waals surface area contributed by atoms with E-state index in [-0.39, 0.29) is 17.9 Å². The molecule has 2 aromatic rings. The van der Waals surface area contributed by atoms with E-state index in [0.717, 1.165) is 30.1 Å². The molecule has 0 radical (unpaired) electrons. The molecule has 2 aromatic carbocycles. The Morgan fingerprint density at radius 1 is 1.20 bits per heavy atom. The lowest BCUT2D eigenvalue weighted by atomic mass is 10.1. The number of carbonyl (C=O) groups is 2. The van der Waals surface area contributed by atoms with E-state index in [0.29, 0.717) is 35.8 Å². The summed E-state index contributed by atoms with van der Waals surface area (Å²) < 4.78 is 5.45. The van der Waals surface area contributed by atoms with E-state index < -0.39 is 0 Å². The maximum absolute atomic E-state index is 12.9. The number of halogens is 1. The summed E-state index contributed by atoms with van der Waals surface area (Å²) in [5.41, 5.74) is 3.04. The minimum absolute atomic E-state index is 0.0114. The van der Waals surface area contributed by atoms with Crippen LogP contribution in [0, 0.1) is 0 Å². The molecule has 4 rings (SSSR count). The number of carbonyl (C=O) groups excluding carboxylic acids is 2. The van der Waals surface area contributed by atoms with Crippen molar-refractivity contribution in [1.29, 1.82) is 0 Å². The Morgan fingerprint density at radius 2 is 2.03 bits per heavy atom. The smallest absolute Gasteiger partial charge is 0.251 e. The number of nitrogens with zero attached hydrogens (tertiary/aromatic N) is 2. The monoisotopic (exact) mass is 428 g/mol. The molecule has 1 fully saturated rings. The Morgan fingerprint density at radius 3 is 2.83 bits per heavy atom. The third-order valence-electron chi connectivity index (χ3n) is 5.62. The van der Waals surface area contributed by atoms with Crippen LogP contribution in [-0.4, -0.2) is 51.6 Å². The largest absolute Gasteiger partial charge is 0.495 e. The van der Waals surface area contributed by atoms with Crippen molar-refractivity contribution in [3.05, 3.63) is 47.0 Å². The Labute approximate surface area is 180 Å². The highest BCUT2D eigenvalue weighted by Crippen LogP contribution is 2.33. The number of methoxy groups -OCH3 is 1. The summed E-state index contributed by atoms with van der Waals surface area (Å²) in [6.07, 6.45) is 1.25. The average Bonchev–Trinajstić information content (AvgIpc) is 3.14. The SMILES string of the molecule is COc1ccc(Cl)cc1N1CCC(NC(=O)c2ccc3c(c2)NC(=O)CCN3C)C1. The van der Waals surface area contributed by atoms with Crippen molar-refractivity contribution in [2.75, 3.05) is 48.9 Å². The van der Waals surface area contributed by atoms with Gasteiger partial charge in [-0.3, -0.25) is 9.59 Å². The molecule has 2 aliphatic rings. The van der Waals surface area contributed by atoms with E-state index in [9.17, 15) is 9.59 Å². The van der Waals surface area contributed by atoms with Crippen LogP contribution in [-0.2, 0) is 4.79 Å². The maximum atomic E-state index is 12.9. The van der Waals surface area contributed by atoms with Gasteiger partial charge in [0.05, 0.1) is 24.2 Å². The summed E-state index contributed by atoms with van der Waals surface area (Å²) in [6.45, 7) is 2.12. The van der Waals surface area contributed by atoms with Crippen LogP contribution in [0.5, 0.6) is 5.75 Å². The van der Waals surface area contributed by atoms with Gasteiger partial charge in [0.15, 0.2) is 0 Å². The average molecular weight is 429 g/mol. The van der Waals surface area contributed by atoms with Crippen molar-refractivity contribution in [3.63, 3.8) is 0 Å². The molecule has 2 N–H and O–H groups in total. The zero-order valence-corrected chi connectivity index (χ0v) is 17.8. The molecular weight excluding hydrogens is 404 g/mol. The molecule has 2 amide bonds. The van der Waals surface area contributed by atoms with Crippen molar-refractivity contribution in [3.8, 4) is 5.75 Å². The molecule has 0 aliphatic carbocycles. The van der Waals surface area contributed by atoms with Gasteiger partial charge in [-0.15, -0.1) is 0 Å². The molecule has 0 aromatic heterocycles. The van der Waals surface area contributed by atoms with E-state index in [1.807, 2.05) is 30.1 Å². The number of nitrogens with one attached hydrogen (secondary N) is 2. The molecule has 1 unspecified atom stereocenters. The first-order chi connectivity index (χ1) is 14.4. The van der Waals surface area contributed by atoms with Gasteiger partial charge in [0.25, 0.3) is 5.91 Å². The van der Waals surface area contributed by atoms with Gasteiger partial charge >= 0.3 is 0 Å². The molecule has 7 nitrogen and oxygen atoms in total. The number of rotatable bonds is 4. The molecular formula is C22H25ClN4O3. The quantitative estimate of drug-likeness (QED) is 0.782. The second-order valence-corrected chi connectivity index (χ2v) is 8.11. The summed E-state index contributed by atoms with van der Waals surface area (Å²) in [5, 5.41) is 6.65. The van der Waals surface area contributed by atoms with Crippen LogP contribution in [0.3, 0.4) is 0 Å². The predicted octanol–water partition coefficient (Wildman–Crippen LogP) is 3.14. The van der Waals surface area contributed by atoms with Crippen molar-refractivity contribution in [1.82, 2.24) is 5.32 Å². The molecule has 158 valence electrons. The fourth-order valence-corrected chi connectivity index (χ4v) is 4.15. The fraction of sp³-hybridized carbons (Fsp3) is 0.364. The van der Waals surface area contributed by atoms with Gasteiger partial charge in [0, 0.05) is 49.7 Å². The second-order valence-electron chi connectivity index (χ2n) is 7.67. The number of hydrogen-bond donors (Lipinski definition) is 2. The van der Waals surface area contributed by atoms with Crippen LogP contribution in [0.25, 0.3) is 0 Å². The highest BCUT2D eigenvalue weighted by Gasteiger charge is 2.27. The standard InChI is InChI=1S/C22H25ClN4O3/c1-26-9-8-21(28)25-17-11-14(3-5-18(17)26)22(29)24-16-7-10-27(13-16)19-12-15(23)4-6-20(19)30-2/h3-6,11-12,16H,7-10,13H2,1-2H3,(H,24,29)(H,25,28).